The van der Waals surface area contributed by atoms with Crippen LogP contribution in [0.25, 0.3) is 0 Å². The van der Waals surface area contributed by atoms with Crippen molar-refractivity contribution in [2.24, 2.45) is 11.8 Å². The number of aliphatic hydroxyl groups is 1. The van der Waals surface area contributed by atoms with E-state index >= 15 is 0 Å². The molecule has 7 atom stereocenters. The number of allylic oxidation sites excluding steroid dienone is 2. The van der Waals surface area contributed by atoms with Gasteiger partial charge in [-0.2, -0.15) is 0 Å². The van der Waals surface area contributed by atoms with E-state index < -0.39 is 0 Å². The minimum atomic E-state index is -0.178. The largest absolute Gasteiger partial charge is 0.392 e. The first-order valence-electron chi connectivity index (χ1n) is 18.7. The van der Waals surface area contributed by atoms with Gasteiger partial charge < -0.3 is 36.2 Å². The molecule has 4 aliphatic heterocycles. The molecule has 7 unspecified atom stereocenters. The van der Waals surface area contributed by atoms with Gasteiger partial charge in [0.2, 0.25) is 0 Å². The van der Waals surface area contributed by atoms with Crippen molar-refractivity contribution in [2.75, 3.05) is 58.9 Å². The highest BCUT2D eigenvalue weighted by atomic mass is 16.3. The summed E-state index contributed by atoms with van der Waals surface area (Å²) in [5.41, 5.74) is 0. The predicted molar refractivity (Wildman–Crippen MR) is 180 cm³/mol. The molecule has 3 saturated heterocycles. The van der Waals surface area contributed by atoms with Gasteiger partial charge in [0, 0.05) is 43.8 Å². The van der Waals surface area contributed by atoms with Gasteiger partial charge in [0.25, 0.3) is 0 Å². The van der Waals surface area contributed by atoms with Crippen LogP contribution >= 0.6 is 0 Å². The minimum Gasteiger partial charge on any atom is -0.392 e. The average molecular weight is 599 g/mol. The van der Waals surface area contributed by atoms with E-state index in [-0.39, 0.29) is 6.10 Å². The molecule has 1 aliphatic carbocycles. The van der Waals surface area contributed by atoms with Gasteiger partial charge in [-0.05, 0) is 140 Å². The van der Waals surface area contributed by atoms with Crippen molar-refractivity contribution < 1.29 is 5.11 Å². The molecule has 5 N–H and O–H groups in total. The van der Waals surface area contributed by atoms with Gasteiger partial charge in [0.05, 0.1) is 6.10 Å². The topological polar surface area (TPSA) is 74.8 Å². The van der Waals surface area contributed by atoms with Crippen molar-refractivity contribution in [3.63, 3.8) is 0 Å². The van der Waals surface area contributed by atoms with Crippen LogP contribution in [0.2, 0.25) is 0 Å². The fourth-order valence-corrected chi connectivity index (χ4v) is 8.54. The van der Waals surface area contributed by atoms with Crippen LogP contribution < -0.4 is 21.3 Å². The lowest BCUT2D eigenvalue weighted by atomic mass is 9.78. The minimum absolute atomic E-state index is 0.178. The third kappa shape index (κ3) is 11.7. The summed E-state index contributed by atoms with van der Waals surface area (Å²) in [6.45, 7) is 10.3. The molecule has 0 aromatic carbocycles. The first-order valence-corrected chi connectivity index (χ1v) is 18.7. The lowest BCUT2D eigenvalue weighted by Gasteiger charge is -2.41. The highest BCUT2D eigenvalue weighted by Gasteiger charge is 2.34. The Morgan fingerprint density at radius 1 is 0.558 bits per heavy atom. The molecular weight excluding hydrogens is 532 g/mol. The molecule has 5 aliphatic rings. The van der Waals surface area contributed by atoms with E-state index in [1.165, 1.54) is 129 Å². The van der Waals surface area contributed by atoms with E-state index in [0.29, 0.717) is 36.0 Å². The van der Waals surface area contributed by atoms with Crippen molar-refractivity contribution in [3.8, 4) is 0 Å². The quantitative estimate of drug-likeness (QED) is 0.180. The summed E-state index contributed by atoms with van der Waals surface area (Å²) in [6, 6.07) is 2.46. The Balaban J connectivity index is 1.15. The molecule has 5 rings (SSSR count). The maximum absolute atomic E-state index is 11.9. The zero-order valence-corrected chi connectivity index (χ0v) is 27.4. The number of piperidine rings is 3. The van der Waals surface area contributed by atoms with Crippen LogP contribution in [0.4, 0.5) is 0 Å². The second-order valence-electron chi connectivity index (χ2n) is 14.7. The van der Waals surface area contributed by atoms with Crippen LogP contribution in [0.3, 0.4) is 0 Å². The van der Waals surface area contributed by atoms with Gasteiger partial charge in [0.15, 0.2) is 0 Å². The van der Waals surface area contributed by atoms with Crippen LogP contribution in [-0.2, 0) is 0 Å². The molecule has 0 bridgehead atoms. The van der Waals surface area contributed by atoms with Gasteiger partial charge in [-0.15, -0.1) is 0 Å². The fourth-order valence-electron chi connectivity index (χ4n) is 8.54. The molecule has 43 heavy (non-hydrogen) atoms. The van der Waals surface area contributed by atoms with E-state index in [1.54, 1.807) is 0 Å². The molecule has 0 aromatic rings. The van der Waals surface area contributed by atoms with Gasteiger partial charge in [-0.1, -0.05) is 37.8 Å². The molecule has 7 heteroatoms. The number of nitrogens with one attached hydrogen (secondary N) is 4. The number of aliphatic hydroxyl groups excluding tert-OH is 1. The Morgan fingerprint density at radius 2 is 1.05 bits per heavy atom. The third-order valence-corrected chi connectivity index (χ3v) is 11.3. The molecular formula is C36H66N6O. The van der Waals surface area contributed by atoms with E-state index in [2.05, 4.69) is 55.5 Å². The highest BCUT2D eigenvalue weighted by Crippen LogP contribution is 2.32. The molecule has 246 valence electrons. The average Bonchev–Trinajstić information content (AvgIpc) is 3.07. The molecule has 7 nitrogen and oxygen atoms in total. The first-order chi connectivity index (χ1) is 21.2. The first kappa shape index (κ1) is 33.4. The van der Waals surface area contributed by atoms with Gasteiger partial charge in [0.1, 0.15) is 0 Å². The maximum Gasteiger partial charge on any atom is 0.0620 e. The summed E-state index contributed by atoms with van der Waals surface area (Å²) in [4.78, 5) is 5.46. The van der Waals surface area contributed by atoms with E-state index in [4.69, 9.17) is 0 Å². The number of hydrogen-bond donors (Lipinski definition) is 5. The van der Waals surface area contributed by atoms with E-state index in [0.717, 1.165) is 32.6 Å². The Morgan fingerprint density at radius 3 is 1.47 bits per heavy atom. The van der Waals surface area contributed by atoms with E-state index in [9.17, 15) is 5.11 Å². The van der Waals surface area contributed by atoms with Crippen LogP contribution in [0.5, 0.6) is 0 Å². The van der Waals surface area contributed by atoms with Gasteiger partial charge >= 0.3 is 0 Å². The lowest BCUT2D eigenvalue weighted by molar-refractivity contribution is -0.0131. The third-order valence-electron chi connectivity index (χ3n) is 11.3. The summed E-state index contributed by atoms with van der Waals surface area (Å²) < 4.78 is 0. The Kier molecular flexibility index (Phi) is 14.7. The number of hydrogen-bond acceptors (Lipinski definition) is 7. The van der Waals surface area contributed by atoms with Gasteiger partial charge in [-0.25, -0.2) is 0 Å². The molecule has 4 fully saturated rings. The van der Waals surface area contributed by atoms with Crippen molar-refractivity contribution in [2.45, 2.75) is 133 Å². The molecule has 0 spiro atoms. The number of dihydropyridines is 1. The molecule has 0 radical (unpaired) electrons. The second-order valence-corrected chi connectivity index (χ2v) is 14.7. The number of rotatable bonds is 16. The maximum atomic E-state index is 11.9. The summed E-state index contributed by atoms with van der Waals surface area (Å²) in [6.07, 6.45) is 29.1. The smallest absolute Gasteiger partial charge is 0.0620 e. The molecule has 0 amide bonds. The van der Waals surface area contributed by atoms with Crippen LogP contribution in [0.1, 0.15) is 103 Å². The standard InChI is InChI=1S/C36H66N6O/c43-36-30(28-41(24-16-32-12-1-5-20-37-32)25-17-33-13-2-6-21-38-33)10-9-11-31(36)29-42(26-18-34-14-3-7-22-39-34)27-19-35-15-4-8-23-40-35/h1,5,12,20,30-40,43H,2-4,6-11,13-19,21-29H2. The van der Waals surface area contributed by atoms with Crippen molar-refractivity contribution in [3.05, 3.63) is 24.4 Å². The van der Waals surface area contributed by atoms with E-state index in [1.807, 2.05) is 0 Å². The van der Waals surface area contributed by atoms with Crippen molar-refractivity contribution in [1.82, 2.24) is 31.1 Å². The summed E-state index contributed by atoms with van der Waals surface area (Å²) >= 11 is 0. The fraction of sp³-hybridized carbons (Fsp3) is 0.889. The monoisotopic (exact) mass is 599 g/mol. The summed E-state index contributed by atoms with van der Waals surface area (Å²) in [5, 5.41) is 26.7. The Bertz CT molecular complexity index is 782. The summed E-state index contributed by atoms with van der Waals surface area (Å²) in [5.74, 6) is 0.807. The van der Waals surface area contributed by atoms with Crippen molar-refractivity contribution in [1.29, 1.82) is 0 Å². The molecule has 0 aromatic heterocycles. The molecule has 1 saturated carbocycles. The van der Waals surface area contributed by atoms with Crippen LogP contribution in [-0.4, -0.2) is 104 Å². The van der Waals surface area contributed by atoms with Crippen molar-refractivity contribution >= 4 is 0 Å². The van der Waals surface area contributed by atoms with Crippen LogP contribution in [0, 0.1) is 11.8 Å². The SMILES string of the molecule is OC1C(CN(CCC2C=CC=CN2)CCC2CCCCN2)CCCC1CN(CCC1CCCCN1)CCC1CCCCN1. The normalized spacial score (nSPS) is 33.6. The second kappa shape index (κ2) is 18.9. The molecule has 4 heterocycles. The zero-order chi connectivity index (χ0) is 29.5. The zero-order valence-electron chi connectivity index (χ0n) is 27.4. The number of nitrogens with zero attached hydrogens (tertiary/aromatic N) is 2. The van der Waals surface area contributed by atoms with Crippen LogP contribution in [0.15, 0.2) is 24.4 Å². The highest BCUT2D eigenvalue weighted by molar-refractivity contribution is 5.12. The Labute approximate surface area is 264 Å². The Hall–Kier alpha value is -0.960. The predicted octanol–water partition coefficient (Wildman–Crippen LogP) is 4.40. The summed E-state index contributed by atoms with van der Waals surface area (Å²) in [7, 11) is 0. The lowest BCUT2D eigenvalue weighted by Crippen LogP contribution is -2.47. The van der Waals surface area contributed by atoms with Gasteiger partial charge in [-0.3, -0.25) is 0 Å².